The summed E-state index contributed by atoms with van der Waals surface area (Å²) in [5.74, 6) is -2.55. The highest BCUT2D eigenvalue weighted by molar-refractivity contribution is 9.10. The molecule has 0 heterocycles. The number of ketones is 1. The zero-order chi connectivity index (χ0) is 10.0. The van der Waals surface area contributed by atoms with Gasteiger partial charge >= 0.3 is 0 Å². The van der Waals surface area contributed by atoms with Gasteiger partial charge in [-0.25, -0.2) is 8.78 Å². The third-order valence-electron chi connectivity index (χ3n) is 1.51. The van der Waals surface area contributed by atoms with Crippen molar-refractivity contribution in [3.05, 3.63) is 33.8 Å². The third-order valence-corrected chi connectivity index (χ3v) is 2.12. The van der Waals surface area contributed by atoms with E-state index in [0.717, 1.165) is 6.07 Å². The topological polar surface area (TPSA) is 43.1 Å². The molecule has 0 radical (unpaired) electrons. The lowest BCUT2D eigenvalue weighted by Crippen LogP contribution is -2.17. The molecule has 0 fully saturated rings. The first-order valence-electron chi connectivity index (χ1n) is 3.44. The Morgan fingerprint density at radius 3 is 2.62 bits per heavy atom. The molecule has 0 bridgehead atoms. The maximum absolute atomic E-state index is 13.1. The second kappa shape index (κ2) is 3.93. The van der Waals surface area contributed by atoms with E-state index in [9.17, 15) is 13.6 Å². The lowest BCUT2D eigenvalue weighted by Gasteiger charge is -2.03. The fourth-order valence-electron chi connectivity index (χ4n) is 0.885. The molecule has 1 aromatic carbocycles. The quantitative estimate of drug-likeness (QED) is 0.643. The van der Waals surface area contributed by atoms with Crippen molar-refractivity contribution in [3.8, 4) is 0 Å². The number of rotatable bonds is 2. The maximum atomic E-state index is 13.1. The smallest absolute Gasteiger partial charge is 0.182 e. The molecule has 0 aliphatic rings. The maximum Gasteiger partial charge on any atom is 0.182 e. The highest BCUT2D eigenvalue weighted by atomic mass is 79.9. The van der Waals surface area contributed by atoms with Gasteiger partial charge < -0.3 is 5.73 Å². The summed E-state index contributed by atoms with van der Waals surface area (Å²) in [6.07, 6.45) is 0. The Morgan fingerprint density at radius 2 is 2.08 bits per heavy atom. The number of hydrogen-bond acceptors (Lipinski definition) is 2. The standard InChI is InChI=1S/C8H6BrF2NO/c9-4-1-2-5(10)7(8(4)11)6(13)3-12/h1-2H,3,12H2. The van der Waals surface area contributed by atoms with E-state index in [1.165, 1.54) is 6.07 Å². The Kier molecular flexibility index (Phi) is 3.11. The molecule has 0 saturated heterocycles. The van der Waals surface area contributed by atoms with Crippen molar-refractivity contribution in [3.63, 3.8) is 0 Å². The van der Waals surface area contributed by atoms with Gasteiger partial charge in [-0.3, -0.25) is 4.79 Å². The average molecular weight is 250 g/mol. The molecule has 2 N–H and O–H groups in total. The summed E-state index contributed by atoms with van der Waals surface area (Å²) in [4.78, 5) is 11.0. The fraction of sp³-hybridized carbons (Fsp3) is 0.125. The van der Waals surface area contributed by atoms with Crippen molar-refractivity contribution >= 4 is 21.7 Å². The summed E-state index contributed by atoms with van der Waals surface area (Å²) in [6, 6.07) is 2.20. The number of nitrogens with two attached hydrogens (primary N) is 1. The minimum absolute atomic E-state index is 0.0469. The Balaban J connectivity index is 3.33. The summed E-state index contributed by atoms with van der Waals surface area (Å²) < 4.78 is 26.1. The predicted molar refractivity (Wildman–Crippen MR) is 47.4 cm³/mol. The Morgan fingerprint density at radius 1 is 1.46 bits per heavy atom. The van der Waals surface area contributed by atoms with Crippen LogP contribution < -0.4 is 5.73 Å². The van der Waals surface area contributed by atoms with Crippen LogP contribution in [0.25, 0.3) is 0 Å². The SMILES string of the molecule is NCC(=O)c1c(F)ccc(Br)c1F. The largest absolute Gasteiger partial charge is 0.324 e. The molecule has 0 spiro atoms. The molecule has 13 heavy (non-hydrogen) atoms. The molecular weight excluding hydrogens is 244 g/mol. The van der Waals surface area contributed by atoms with Gasteiger partial charge in [-0.15, -0.1) is 0 Å². The Labute approximate surface area is 81.9 Å². The van der Waals surface area contributed by atoms with Crippen LogP contribution in [0.2, 0.25) is 0 Å². The molecule has 0 unspecified atom stereocenters. The minimum Gasteiger partial charge on any atom is -0.324 e. The van der Waals surface area contributed by atoms with Crippen LogP contribution in [0.15, 0.2) is 16.6 Å². The highest BCUT2D eigenvalue weighted by Gasteiger charge is 2.17. The molecule has 0 aliphatic carbocycles. The number of benzene rings is 1. The van der Waals surface area contributed by atoms with E-state index in [0.29, 0.717) is 0 Å². The molecular formula is C8H6BrF2NO. The molecule has 1 rings (SSSR count). The Bertz CT molecular complexity index is 354. The van der Waals surface area contributed by atoms with E-state index in [2.05, 4.69) is 15.9 Å². The van der Waals surface area contributed by atoms with Gasteiger partial charge in [0, 0.05) is 0 Å². The van der Waals surface area contributed by atoms with Gasteiger partial charge in [-0.1, -0.05) is 0 Å². The van der Waals surface area contributed by atoms with E-state index >= 15 is 0 Å². The van der Waals surface area contributed by atoms with Gasteiger partial charge in [-0.2, -0.15) is 0 Å². The van der Waals surface area contributed by atoms with E-state index in [1.54, 1.807) is 0 Å². The first-order valence-corrected chi connectivity index (χ1v) is 4.24. The number of carbonyl (C=O) groups excluding carboxylic acids is 1. The van der Waals surface area contributed by atoms with Crippen molar-refractivity contribution in [1.82, 2.24) is 0 Å². The predicted octanol–water partition coefficient (Wildman–Crippen LogP) is 1.87. The van der Waals surface area contributed by atoms with E-state index in [1.807, 2.05) is 0 Å². The normalized spacial score (nSPS) is 10.2. The minimum atomic E-state index is -0.907. The summed E-state index contributed by atoms with van der Waals surface area (Å²) in [5, 5.41) is 0. The lowest BCUT2D eigenvalue weighted by molar-refractivity contribution is 0.0993. The Hall–Kier alpha value is -0.810. The number of halogens is 3. The monoisotopic (exact) mass is 249 g/mol. The molecule has 1 aromatic rings. The third kappa shape index (κ3) is 1.92. The first kappa shape index (κ1) is 10.3. The lowest BCUT2D eigenvalue weighted by atomic mass is 10.1. The van der Waals surface area contributed by atoms with Crippen molar-refractivity contribution in [2.75, 3.05) is 6.54 Å². The molecule has 70 valence electrons. The number of hydrogen-bond donors (Lipinski definition) is 1. The summed E-state index contributed by atoms with van der Waals surface area (Å²) in [7, 11) is 0. The second-order valence-electron chi connectivity index (χ2n) is 2.35. The van der Waals surface area contributed by atoms with Crippen LogP contribution in [0.3, 0.4) is 0 Å². The van der Waals surface area contributed by atoms with Crippen LogP contribution in [0.1, 0.15) is 10.4 Å². The second-order valence-corrected chi connectivity index (χ2v) is 3.20. The van der Waals surface area contributed by atoms with Crippen LogP contribution in [-0.4, -0.2) is 12.3 Å². The van der Waals surface area contributed by atoms with Gasteiger partial charge in [0.25, 0.3) is 0 Å². The van der Waals surface area contributed by atoms with Crippen LogP contribution in [0.4, 0.5) is 8.78 Å². The van der Waals surface area contributed by atoms with E-state index in [4.69, 9.17) is 5.73 Å². The number of Topliss-reactive ketones (excluding diaryl/α,β-unsaturated/α-hetero) is 1. The summed E-state index contributed by atoms with van der Waals surface area (Å²) in [6.45, 7) is -0.412. The highest BCUT2D eigenvalue weighted by Crippen LogP contribution is 2.21. The van der Waals surface area contributed by atoms with Crippen molar-refractivity contribution in [1.29, 1.82) is 0 Å². The van der Waals surface area contributed by atoms with Crippen LogP contribution in [-0.2, 0) is 0 Å². The van der Waals surface area contributed by atoms with Crippen molar-refractivity contribution in [2.45, 2.75) is 0 Å². The summed E-state index contributed by atoms with van der Waals surface area (Å²) in [5.41, 5.74) is 4.41. The first-order chi connectivity index (χ1) is 6.07. The molecule has 0 aromatic heterocycles. The van der Waals surface area contributed by atoms with Gasteiger partial charge in [0.05, 0.1) is 16.6 Å². The van der Waals surface area contributed by atoms with Gasteiger partial charge in [0.1, 0.15) is 5.82 Å². The van der Waals surface area contributed by atoms with Crippen LogP contribution >= 0.6 is 15.9 Å². The van der Waals surface area contributed by atoms with Crippen LogP contribution in [0.5, 0.6) is 0 Å². The van der Waals surface area contributed by atoms with E-state index < -0.39 is 29.5 Å². The molecule has 0 amide bonds. The van der Waals surface area contributed by atoms with Crippen molar-refractivity contribution in [2.24, 2.45) is 5.73 Å². The molecule has 0 aliphatic heterocycles. The zero-order valence-electron chi connectivity index (χ0n) is 6.48. The fourth-order valence-corrected chi connectivity index (χ4v) is 1.22. The van der Waals surface area contributed by atoms with Gasteiger partial charge in [0.15, 0.2) is 11.6 Å². The van der Waals surface area contributed by atoms with Gasteiger partial charge in [-0.05, 0) is 28.1 Å². The molecule has 5 heteroatoms. The molecule has 0 atom stereocenters. The average Bonchev–Trinajstić information content (AvgIpc) is 2.12. The summed E-state index contributed by atoms with van der Waals surface area (Å²) >= 11 is 2.84. The molecule has 0 saturated carbocycles. The van der Waals surface area contributed by atoms with Crippen LogP contribution in [0, 0.1) is 11.6 Å². The zero-order valence-corrected chi connectivity index (χ0v) is 8.07. The van der Waals surface area contributed by atoms with E-state index in [-0.39, 0.29) is 4.47 Å². The molecule has 2 nitrogen and oxygen atoms in total. The van der Waals surface area contributed by atoms with Gasteiger partial charge in [0.2, 0.25) is 0 Å². The van der Waals surface area contributed by atoms with Crippen molar-refractivity contribution < 1.29 is 13.6 Å². The number of carbonyl (C=O) groups is 1.